The molecule has 1 aromatic heterocycles. The number of benzene rings is 3. The summed E-state index contributed by atoms with van der Waals surface area (Å²) in [4.78, 5) is 24.9. The molecule has 0 spiro atoms. The maximum atomic E-state index is 12.7. The minimum atomic E-state index is -1.77. The molecule has 4 aromatic rings. The number of phenols is 4. The molecular formula is C30H26O13. The normalized spacial score (nSPS) is 22.1. The molecule has 0 bridgehead atoms. The van der Waals surface area contributed by atoms with Crippen molar-refractivity contribution in [3.63, 3.8) is 0 Å². The number of aromatic hydroxyl groups is 4. The lowest BCUT2D eigenvalue weighted by atomic mass is 9.99. The average molecular weight is 595 g/mol. The Hall–Kier alpha value is -5.08. The molecule has 7 N–H and O–H groups in total. The molecule has 0 radical (unpaired) electrons. The summed E-state index contributed by atoms with van der Waals surface area (Å²) in [7, 11) is 0. The summed E-state index contributed by atoms with van der Waals surface area (Å²) in [5.41, 5.74) is 0.228. The second-order valence-corrected chi connectivity index (χ2v) is 9.68. The van der Waals surface area contributed by atoms with Crippen LogP contribution in [-0.2, 0) is 14.3 Å². The number of ether oxygens (including phenoxy) is 3. The van der Waals surface area contributed by atoms with Crippen LogP contribution in [0, 0.1) is 0 Å². The molecule has 224 valence electrons. The van der Waals surface area contributed by atoms with E-state index in [1.54, 1.807) is 0 Å². The van der Waals surface area contributed by atoms with Crippen LogP contribution < -0.4 is 10.2 Å². The van der Waals surface area contributed by atoms with Crippen LogP contribution in [0.2, 0.25) is 0 Å². The largest absolute Gasteiger partial charge is 0.508 e. The molecule has 0 amide bonds. The third kappa shape index (κ3) is 6.39. The van der Waals surface area contributed by atoms with Gasteiger partial charge in [-0.05, 0) is 48.0 Å². The first-order valence-corrected chi connectivity index (χ1v) is 12.8. The molecule has 13 nitrogen and oxygen atoms in total. The number of phenolic OH excluding ortho intramolecular Hbond substituents is 4. The standard InChI is InChI=1S/C30H26O13/c31-16-5-3-15(4-6-16)22-12-21(35)26-20(34)10-17(11-23(26)42-22)41-30-29(39)28(38)27(37)24(43-30)13-40-25(36)8-2-14-1-7-18(32)19(33)9-14/h1-12,24,27-34,37-39H,13H2. The van der Waals surface area contributed by atoms with Gasteiger partial charge in [0.25, 0.3) is 0 Å². The smallest absolute Gasteiger partial charge is 0.330 e. The number of carbonyl (C=O) groups excluding carboxylic acids is 1. The van der Waals surface area contributed by atoms with Gasteiger partial charge in [0.05, 0.1) is 0 Å². The van der Waals surface area contributed by atoms with E-state index < -0.39 is 54.5 Å². The first kappa shape index (κ1) is 29.4. The van der Waals surface area contributed by atoms with E-state index >= 15 is 0 Å². The van der Waals surface area contributed by atoms with E-state index in [-0.39, 0.29) is 39.7 Å². The highest BCUT2D eigenvalue weighted by atomic mass is 16.7. The van der Waals surface area contributed by atoms with Crippen molar-refractivity contribution in [2.75, 3.05) is 6.61 Å². The molecular weight excluding hydrogens is 568 g/mol. The van der Waals surface area contributed by atoms with Crippen molar-refractivity contribution in [1.29, 1.82) is 0 Å². The summed E-state index contributed by atoms with van der Waals surface area (Å²) in [6.45, 7) is -0.553. The topological polar surface area (TPSA) is 217 Å². The van der Waals surface area contributed by atoms with Crippen LogP contribution in [0.15, 0.2) is 76.0 Å². The number of esters is 1. The van der Waals surface area contributed by atoms with Crippen LogP contribution in [0.5, 0.6) is 28.7 Å². The zero-order valence-corrected chi connectivity index (χ0v) is 22.1. The maximum Gasteiger partial charge on any atom is 0.330 e. The Bertz CT molecular complexity index is 1730. The van der Waals surface area contributed by atoms with Crippen molar-refractivity contribution in [3.05, 3.63) is 82.5 Å². The molecule has 5 unspecified atom stereocenters. The third-order valence-corrected chi connectivity index (χ3v) is 6.66. The summed E-state index contributed by atoms with van der Waals surface area (Å²) < 4.78 is 22.1. The number of aliphatic hydroxyl groups excluding tert-OH is 3. The predicted molar refractivity (Wildman–Crippen MR) is 148 cm³/mol. The summed E-state index contributed by atoms with van der Waals surface area (Å²) in [6.07, 6.45) is -5.83. The average Bonchev–Trinajstić information content (AvgIpc) is 2.97. The quantitative estimate of drug-likeness (QED) is 0.0923. The SMILES string of the molecule is O=C(C=Cc1ccc(O)c(O)c1)OCC1OC(Oc2cc(O)c3c(=O)cc(-c4ccc(O)cc4)oc3c2)C(O)C(O)C1O. The lowest BCUT2D eigenvalue weighted by Crippen LogP contribution is -2.60. The molecule has 5 atom stereocenters. The molecule has 1 saturated heterocycles. The van der Waals surface area contributed by atoms with Gasteiger partial charge in [0.2, 0.25) is 6.29 Å². The summed E-state index contributed by atoms with van der Waals surface area (Å²) in [5, 5.41) is 70.1. The lowest BCUT2D eigenvalue weighted by Gasteiger charge is -2.39. The van der Waals surface area contributed by atoms with Gasteiger partial charge in [0.15, 0.2) is 16.9 Å². The molecule has 0 saturated carbocycles. The van der Waals surface area contributed by atoms with E-state index in [1.165, 1.54) is 60.7 Å². The van der Waals surface area contributed by atoms with Crippen LogP contribution in [0.1, 0.15) is 5.56 Å². The Morgan fingerprint density at radius 3 is 2.30 bits per heavy atom. The number of hydrogen-bond acceptors (Lipinski definition) is 13. The van der Waals surface area contributed by atoms with Gasteiger partial charge in [0.1, 0.15) is 65.0 Å². The molecule has 0 aliphatic carbocycles. The second kappa shape index (κ2) is 12.0. The van der Waals surface area contributed by atoms with Gasteiger partial charge < -0.3 is 54.4 Å². The zero-order valence-electron chi connectivity index (χ0n) is 22.1. The van der Waals surface area contributed by atoms with Crippen molar-refractivity contribution >= 4 is 23.0 Å². The molecule has 5 rings (SSSR count). The van der Waals surface area contributed by atoms with Crippen molar-refractivity contribution in [3.8, 4) is 40.1 Å². The number of aliphatic hydroxyl groups is 3. The molecule has 1 fully saturated rings. The highest BCUT2D eigenvalue weighted by Crippen LogP contribution is 2.33. The molecule has 13 heteroatoms. The van der Waals surface area contributed by atoms with Crippen molar-refractivity contribution in [2.45, 2.75) is 30.7 Å². The van der Waals surface area contributed by atoms with Crippen LogP contribution >= 0.6 is 0 Å². The fraction of sp³-hybridized carbons (Fsp3) is 0.200. The zero-order chi connectivity index (χ0) is 30.8. The highest BCUT2D eigenvalue weighted by Gasteiger charge is 2.45. The van der Waals surface area contributed by atoms with E-state index in [0.717, 1.165) is 12.1 Å². The third-order valence-electron chi connectivity index (χ3n) is 6.66. The van der Waals surface area contributed by atoms with E-state index in [0.29, 0.717) is 11.1 Å². The van der Waals surface area contributed by atoms with Gasteiger partial charge in [-0.2, -0.15) is 0 Å². The lowest BCUT2D eigenvalue weighted by molar-refractivity contribution is -0.278. The Labute approximate surface area is 242 Å². The van der Waals surface area contributed by atoms with Crippen molar-refractivity contribution in [1.82, 2.24) is 0 Å². The maximum absolute atomic E-state index is 12.7. The van der Waals surface area contributed by atoms with Crippen LogP contribution in [0.3, 0.4) is 0 Å². The number of carbonyl (C=O) groups is 1. The van der Waals surface area contributed by atoms with Crippen LogP contribution in [0.25, 0.3) is 28.4 Å². The fourth-order valence-electron chi connectivity index (χ4n) is 4.39. The minimum absolute atomic E-state index is 0.0123. The Morgan fingerprint density at radius 1 is 0.837 bits per heavy atom. The fourth-order valence-corrected chi connectivity index (χ4v) is 4.39. The van der Waals surface area contributed by atoms with E-state index in [9.17, 15) is 45.3 Å². The Kier molecular flexibility index (Phi) is 8.23. The van der Waals surface area contributed by atoms with Crippen molar-refractivity contribution < 1.29 is 59.2 Å². The van der Waals surface area contributed by atoms with Gasteiger partial charge >= 0.3 is 5.97 Å². The van der Waals surface area contributed by atoms with E-state index in [1.807, 2.05) is 0 Å². The molecule has 1 aliphatic rings. The van der Waals surface area contributed by atoms with Gasteiger partial charge in [-0.15, -0.1) is 0 Å². The van der Waals surface area contributed by atoms with Gasteiger partial charge in [-0.25, -0.2) is 4.79 Å². The molecule has 1 aliphatic heterocycles. The van der Waals surface area contributed by atoms with Gasteiger partial charge in [-0.1, -0.05) is 6.07 Å². The molecule has 3 aromatic carbocycles. The molecule has 43 heavy (non-hydrogen) atoms. The second-order valence-electron chi connectivity index (χ2n) is 9.68. The highest BCUT2D eigenvalue weighted by molar-refractivity contribution is 5.87. The summed E-state index contributed by atoms with van der Waals surface area (Å²) in [5.74, 6) is -2.04. The Balaban J connectivity index is 1.31. The van der Waals surface area contributed by atoms with E-state index in [4.69, 9.17) is 18.6 Å². The predicted octanol–water partition coefficient (Wildman–Crippen LogP) is 1.73. The van der Waals surface area contributed by atoms with Crippen molar-refractivity contribution in [2.24, 2.45) is 0 Å². The monoisotopic (exact) mass is 594 g/mol. The summed E-state index contributed by atoms with van der Waals surface area (Å²) >= 11 is 0. The van der Waals surface area contributed by atoms with E-state index in [2.05, 4.69) is 0 Å². The molecule has 2 heterocycles. The van der Waals surface area contributed by atoms with Crippen LogP contribution in [0.4, 0.5) is 0 Å². The summed E-state index contributed by atoms with van der Waals surface area (Å²) in [6, 6.07) is 13.3. The number of fused-ring (bicyclic) bond motifs is 1. The minimum Gasteiger partial charge on any atom is -0.508 e. The van der Waals surface area contributed by atoms with Gasteiger partial charge in [0, 0.05) is 29.8 Å². The number of rotatable bonds is 7. The van der Waals surface area contributed by atoms with Gasteiger partial charge in [-0.3, -0.25) is 4.79 Å². The Morgan fingerprint density at radius 2 is 1.58 bits per heavy atom. The van der Waals surface area contributed by atoms with Crippen LogP contribution in [-0.4, -0.2) is 79.0 Å². The first-order valence-electron chi connectivity index (χ1n) is 12.8. The number of hydrogen-bond donors (Lipinski definition) is 7. The first-order chi connectivity index (χ1) is 20.5.